The Bertz CT molecular complexity index is 739. The lowest BCUT2D eigenvalue weighted by atomic mass is 10.0. The number of carbonyl (C=O) groups excluding carboxylic acids is 1. The Hall–Kier alpha value is -2.37. The Morgan fingerprint density at radius 1 is 1.11 bits per heavy atom. The van der Waals surface area contributed by atoms with E-state index in [0.717, 1.165) is 30.9 Å². The first-order valence-corrected chi connectivity index (χ1v) is 10.1. The van der Waals surface area contributed by atoms with Gasteiger partial charge in [-0.3, -0.25) is 0 Å². The van der Waals surface area contributed by atoms with Gasteiger partial charge >= 0.3 is 6.03 Å². The van der Waals surface area contributed by atoms with Gasteiger partial charge in [0.2, 0.25) is 0 Å². The van der Waals surface area contributed by atoms with Crippen molar-refractivity contribution in [3.63, 3.8) is 0 Å². The third-order valence-corrected chi connectivity index (χ3v) is 5.60. The van der Waals surface area contributed by atoms with Crippen molar-refractivity contribution in [1.82, 2.24) is 15.1 Å². The first-order chi connectivity index (χ1) is 13.5. The molecule has 1 atom stereocenters. The molecule has 0 saturated carbocycles. The number of rotatable bonds is 6. The number of likely N-dealkylation sites (tertiary alicyclic amines) is 1. The highest BCUT2D eigenvalue weighted by atomic mass is 16.2. The molecule has 5 heteroatoms. The van der Waals surface area contributed by atoms with Crippen LogP contribution in [-0.2, 0) is 0 Å². The van der Waals surface area contributed by atoms with Gasteiger partial charge in [0.05, 0.1) is 6.04 Å². The maximum Gasteiger partial charge on any atom is 0.319 e. The van der Waals surface area contributed by atoms with Crippen molar-refractivity contribution in [1.29, 1.82) is 0 Å². The normalized spacial score (nSPS) is 16.7. The molecule has 0 radical (unpaired) electrons. The number of nitrogens with zero attached hydrogens (tertiary/aromatic N) is 2. The molecular formula is C23H32N4O. The molecule has 1 aliphatic rings. The summed E-state index contributed by atoms with van der Waals surface area (Å²) < 4.78 is 0. The molecule has 0 aliphatic carbocycles. The number of anilines is 1. The minimum absolute atomic E-state index is 0.0590. The minimum Gasteiger partial charge on any atom is -0.330 e. The quantitative estimate of drug-likeness (QED) is 0.799. The van der Waals surface area contributed by atoms with Crippen molar-refractivity contribution < 1.29 is 4.79 Å². The van der Waals surface area contributed by atoms with Crippen LogP contribution in [0.5, 0.6) is 0 Å². The number of benzene rings is 2. The Morgan fingerprint density at radius 3 is 2.39 bits per heavy atom. The second-order valence-electron chi connectivity index (χ2n) is 7.90. The summed E-state index contributed by atoms with van der Waals surface area (Å²) in [6, 6.07) is 18.4. The fraction of sp³-hybridized carbons (Fsp3) is 0.435. The van der Waals surface area contributed by atoms with Gasteiger partial charge in [-0.1, -0.05) is 48.0 Å². The summed E-state index contributed by atoms with van der Waals surface area (Å²) >= 11 is 0. The molecule has 0 bridgehead atoms. The molecular weight excluding hydrogens is 348 g/mol. The van der Waals surface area contributed by atoms with Gasteiger partial charge < -0.3 is 20.4 Å². The maximum absolute atomic E-state index is 12.6. The number of amides is 2. The van der Waals surface area contributed by atoms with Crippen LogP contribution in [0.25, 0.3) is 0 Å². The van der Waals surface area contributed by atoms with Gasteiger partial charge in [-0.25, -0.2) is 4.79 Å². The van der Waals surface area contributed by atoms with Gasteiger partial charge in [0, 0.05) is 18.3 Å². The summed E-state index contributed by atoms with van der Waals surface area (Å²) in [5.74, 6) is 0. The zero-order valence-electron chi connectivity index (χ0n) is 17.2. The third-order valence-electron chi connectivity index (χ3n) is 5.60. The average Bonchev–Trinajstić information content (AvgIpc) is 2.70. The molecule has 2 aromatic carbocycles. The van der Waals surface area contributed by atoms with Crippen molar-refractivity contribution in [3.8, 4) is 0 Å². The number of carbonyl (C=O) groups is 1. The van der Waals surface area contributed by atoms with E-state index in [1.165, 1.54) is 18.4 Å². The lowest BCUT2D eigenvalue weighted by Gasteiger charge is -2.37. The van der Waals surface area contributed by atoms with E-state index in [-0.39, 0.29) is 12.1 Å². The summed E-state index contributed by atoms with van der Waals surface area (Å²) in [5, 5.41) is 6.13. The van der Waals surface area contributed by atoms with Crippen LogP contribution in [0.2, 0.25) is 0 Å². The van der Waals surface area contributed by atoms with E-state index in [0.29, 0.717) is 6.04 Å². The van der Waals surface area contributed by atoms with Crippen molar-refractivity contribution >= 4 is 11.7 Å². The number of hydrogen-bond donors (Lipinski definition) is 2. The fourth-order valence-electron chi connectivity index (χ4n) is 3.75. The van der Waals surface area contributed by atoms with Gasteiger partial charge in [-0.05, 0) is 64.6 Å². The van der Waals surface area contributed by atoms with E-state index in [1.54, 1.807) is 0 Å². The molecule has 1 fully saturated rings. The van der Waals surface area contributed by atoms with Crippen molar-refractivity contribution in [2.75, 3.05) is 39.0 Å². The number of hydrogen-bond acceptors (Lipinski definition) is 3. The van der Waals surface area contributed by atoms with Gasteiger partial charge in [-0.2, -0.15) is 0 Å². The second kappa shape index (κ2) is 9.71. The Morgan fingerprint density at radius 2 is 1.75 bits per heavy atom. The molecule has 2 amide bonds. The molecule has 5 nitrogen and oxygen atoms in total. The van der Waals surface area contributed by atoms with Crippen LogP contribution in [0.3, 0.4) is 0 Å². The lowest BCUT2D eigenvalue weighted by Crippen LogP contribution is -2.46. The fourth-order valence-corrected chi connectivity index (χ4v) is 3.75. The van der Waals surface area contributed by atoms with E-state index < -0.39 is 0 Å². The van der Waals surface area contributed by atoms with Gasteiger partial charge in [-0.15, -0.1) is 0 Å². The van der Waals surface area contributed by atoms with E-state index in [2.05, 4.69) is 46.7 Å². The molecule has 1 heterocycles. The SMILES string of the molecule is Cc1ccc(NC(=O)NC(CN(C)C2CCN(C)CC2)c2ccccc2)cc1. The monoisotopic (exact) mass is 380 g/mol. The molecule has 0 spiro atoms. The summed E-state index contributed by atoms with van der Waals surface area (Å²) in [6.07, 6.45) is 2.34. The Kier molecular flexibility index (Phi) is 7.06. The van der Waals surface area contributed by atoms with Crippen molar-refractivity contribution in [2.45, 2.75) is 31.8 Å². The van der Waals surface area contributed by atoms with Gasteiger partial charge in [0.15, 0.2) is 0 Å². The highest BCUT2D eigenvalue weighted by Gasteiger charge is 2.24. The first-order valence-electron chi connectivity index (χ1n) is 10.1. The number of piperidine rings is 1. The van der Waals surface area contributed by atoms with Crippen LogP contribution < -0.4 is 10.6 Å². The van der Waals surface area contributed by atoms with Gasteiger partial charge in [0.1, 0.15) is 0 Å². The Balaban J connectivity index is 1.65. The molecule has 0 aromatic heterocycles. The molecule has 150 valence electrons. The summed E-state index contributed by atoms with van der Waals surface area (Å²) in [4.78, 5) is 17.4. The number of nitrogens with one attached hydrogen (secondary N) is 2. The van der Waals surface area contributed by atoms with Crippen LogP contribution >= 0.6 is 0 Å². The van der Waals surface area contributed by atoms with Crippen molar-refractivity contribution in [2.24, 2.45) is 0 Å². The summed E-state index contributed by atoms with van der Waals surface area (Å²) in [6.45, 7) is 5.09. The van der Waals surface area contributed by atoms with Gasteiger partial charge in [0.25, 0.3) is 0 Å². The largest absolute Gasteiger partial charge is 0.330 e. The second-order valence-corrected chi connectivity index (χ2v) is 7.90. The number of urea groups is 1. The first kappa shape index (κ1) is 20.4. The molecule has 1 aliphatic heterocycles. The van der Waals surface area contributed by atoms with E-state index >= 15 is 0 Å². The van der Waals surface area contributed by atoms with Crippen LogP contribution in [0.1, 0.15) is 30.0 Å². The number of aryl methyl sites for hydroxylation is 1. The predicted molar refractivity (Wildman–Crippen MR) is 116 cm³/mol. The highest BCUT2D eigenvalue weighted by molar-refractivity contribution is 5.89. The minimum atomic E-state index is -0.172. The molecule has 1 saturated heterocycles. The smallest absolute Gasteiger partial charge is 0.319 e. The van der Waals surface area contributed by atoms with E-state index in [9.17, 15) is 4.79 Å². The average molecular weight is 381 g/mol. The standard InChI is InChI=1S/C23H32N4O/c1-18-9-11-20(12-10-18)24-23(28)25-22(19-7-5-4-6-8-19)17-27(3)21-13-15-26(2)16-14-21/h4-12,21-22H,13-17H2,1-3H3,(H2,24,25,28). The van der Waals surface area contributed by atoms with E-state index in [4.69, 9.17) is 0 Å². The third kappa shape index (κ3) is 5.81. The van der Waals surface area contributed by atoms with E-state index in [1.807, 2.05) is 49.4 Å². The topological polar surface area (TPSA) is 47.6 Å². The van der Waals surface area contributed by atoms with Crippen LogP contribution in [0, 0.1) is 6.92 Å². The maximum atomic E-state index is 12.6. The number of likely N-dealkylation sites (N-methyl/N-ethyl adjacent to an activating group) is 1. The summed E-state index contributed by atoms with van der Waals surface area (Å²) in [7, 11) is 4.35. The zero-order chi connectivity index (χ0) is 19.9. The predicted octanol–water partition coefficient (Wildman–Crippen LogP) is 3.88. The molecule has 2 N–H and O–H groups in total. The zero-order valence-corrected chi connectivity index (χ0v) is 17.2. The van der Waals surface area contributed by atoms with Crippen LogP contribution in [0.4, 0.5) is 10.5 Å². The highest BCUT2D eigenvalue weighted by Crippen LogP contribution is 2.20. The molecule has 3 rings (SSSR count). The lowest BCUT2D eigenvalue weighted by molar-refractivity contribution is 0.135. The molecule has 28 heavy (non-hydrogen) atoms. The molecule has 1 unspecified atom stereocenters. The van der Waals surface area contributed by atoms with Crippen molar-refractivity contribution in [3.05, 3.63) is 65.7 Å². The summed E-state index contributed by atoms with van der Waals surface area (Å²) in [5.41, 5.74) is 3.10. The Labute approximate surface area is 168 Å². The molecule has 2 aromatic rings. The van der Waals surface area contributed by atoms with Crippen LogP contribution in [0.15, 0.2) is 54.6 Å². The van der Waals surface area contributed by atoms with Crippen LogP contribution in [-0.4, -0.2) is 55.6 Å².